The van der Waals surface area contributed by atoms with Gasteiger partial charge in [0.25, 0.3) is 0 Å². The number of fused-ring (bicyclic) bond motifs is 2. The zero-order chi connectivity index (χ0) is 20.5. The molecule has 3 aromatic rings. The molecule has 0 bridgehead atoms. The number of urea groups is 1. The summed E-state index contributed by atoms with van der Waals surface area (Å²) in [6.45, 7) is 0.106. The Morgan fingerprint density at radius 1 is 1.28 bits per heavy atom. The first kappa shape index (κ1) is 19.1. The molecular weight excluding hydrogens is 367 g/mol. The van der Waals surface area contributed by atoms with E-state index >= 15 is 0 Å². The highest BCUT2D eigenvalue weighted by Crippen LogP contribution is 2.28. The smallest absolute Gasteiger partial charge is 0.428 e. The van der Waals surface area contributed by atoms with Gasteiger partial charge in [-0.15, -0.1) is 0 Å². The molecule has 0 saturated heterocycles. The summed E-state index contributed by atoms with van der Waals surface area (Å²) in [5, 5.41) is 15.2. The minimum absolute atomic E-state index is 0.0445. The zero-order valence-electron chi connectivity index (χ0n) is 16.0. The van der Waals surface area contributed by atoms with Gasteiger partial charge in [0.15, 0.2) is 0 Å². The van der Waals surface area contributed by atoms with E-state index in [2.05, 4.69) is 10.3 Å². The van der Waals surface area contributed by atoms with E-state index in [0.29, 0.717) is 16.7 Å². The summed E-state index contributed by atoms with van der Waals surface area (Å²) in [6.07, 6.45) is 3.73. The predicted molar refractivity (Wildman–Crippen MR) is 113 cm³/mol. The number of pyridine rings is 1. The number of ketones is 1. The maximum atomic E-state index is 13.1. The lowest BCUT2D eigenvalue weighted by Gasteiger charge is -2.31. The summed E-state index contributed by atoms with van der Waals surface area (Å²) in [5.74, 6) is -0.633. The highest BCUT2D eigenvalue weighted by molar-refractivity contribution is 6.69. The molecule has 0 radical (unpaired) electrons. The van der Waals surface area contributed by atoms with E-state index in [9.17, 15) is 14.6 Å². The van der Waals surface area contributed by atoms with Crippen molar-refractivity contribution >= 4 is 40.8 Å². The van der Waals surface area contributed by atoms with Crippen molar-refractivity contribution in [2.75, 3.05) is 18.9 Å². The average molecular weight is 388 g/mol. The summed E-state index contributed by atoms with van der Waals surface area (Å²) in [5.41, 5.74) is 8.50. The third kappa shape index (κ3) is 3.48. The Hall–Kier alpha value is -3.23. The highest BCUT2D eigenvalue weighted by Gasteiger charge is 2.36. The average Bonchev–Trinajstić information content (AvgIpc) is 2.73. The molecule has 1 aliphatic rings. The second-order valence-corrected chi connectivity index (χ2v) is 7.21. The summed E-state index contributed by atoms with van der Waals surface area (Å²) in [7, 11) is 0.442. The van der Waals surface area contributed by atoms with Crippen LogP contribution in [0.25, 0.3) is 10.8 Å². The third-order valence-electron chi connectivity index (χ3n) is 5.41. The monoisotopic (exact) mass is 388 g/mol. The number of amides is 2. The van der Waals surface area contributed by atoms with Crippen LogP contribution in [0.1, 0.15) is 17.0 Å². The van der Waals surface area contributed by atoms with E-state index in [0.717, 1.165) is 16.3 Å². The lowest BCUT2D eigenvalue weighted by molar-refractivity contribution is -0.119. The Balaban J connectivity index is 1.65. The molecule has 0 saturated carbocycles. The number of nitrogens with one attached hydrogen (secondary N) is 1. The summed E-state index contributed by atoms with van der Waals surface area (Å²) in [6, 6.07) is 12.6. The van der Waals surface area contributed by atoms with Crippen LogP contribution in [0.3, 0.4) is 0 Å². The second-order valence-electron chi connectivity index (χ2n) is 7.21. The Morgan fingerprint density at radius 2 is 2.10 bits per heavy atom. The van der Waals surface area contributed by atoms with Crippen LogP contribution in [0.4, 0.5) is 10.5 Å². The number of Topliss-reactive ketones (excluding diaryl/α,β-unsaturated/α-hetero) is 1. The first-order valence-electron chi connectivity index (χ1n) is 9.39. The van der Waals surface area contributed by atoms with Gasteiger partial charge in [0.05, 0.1) is 5.92 Å². The summed E-state index contributed by atoms with van der Waals surface area (Å²) < 4.78 is 0. The van der Waals surface area contributed by atoms with Crippen LogP contribution < -0.4 is 16.5 Å². The van der Waals surface area contributed by atoms with E-state index < -0.39 is 19.0 Å². The van der Waals surface area contributed by atoms with Gasteiger partial charge in [-0.1, -0.05) is 36.4 Å². The van der Waals surface area contributed by atoms with Gasteiger partial charge in [-0.25, -0.2) is 4.79 Å². The molecule has 2 aromatic carbocycles. The Bertz CT molecular complexity index is 1100. The SMILES string of the molecule is CN1B(O)c2cccc([C@@H](CN)C(=O)Cc3ccc4cnccc4c3)c2NC1=O. The van der Waals surface area contributed by atoms with Gasteiger partial charge in [0, 0.05) is 43.5 Å². The van der Waals surface area contributed by atoms with Gasteiger partial charge in [0.1, 0.15) is 5.78 Å². The first-order valence-corrected chi connectivity index (χ1v) is 9.39. The van der Waals surface area contributed by atoms with E-state index in [4.69, 9.17) is 5.73 Å². The molecule has 1 aromatic heterocycles. The normalized spacial score (nSPS) is 14.5. The maximum absolute atomic E-state index is 13.1. The topological polar surface area (TPSA) is 109 Å². The zero-order valence-corrected chi connectivity index (χ0v) is 16.0. The molecule has 29 heavy (non-hydrogen) atoms. The number of anilines is 1. The van der Waals surface area contributed by atoms with Crippen molar-refractivity contribution in [3.63, 3.8) is 0 Å². The molecule has 2 amide bonds. The van der Waals surface area contributed by atoms with Crippen LogP contribution in [-0.4, -0.2) is 47.3 Å². The van der Waals surface area contributed by atoms with Crippen molar-refractivity contribution in [3.05, 3.63) is 66.0 Å². The van der Waals surface area contributed by atoms with E-state index in [1.807, 2.05) is 24.3 Å². The molecule has 1 atom stereocenters. The molecule has 4 N–H and O–H groups in total. The Kier molecular flexibility index (Phi) is 5.04. The maximum Gasteiger partial charge on any atom is 0.454 e. The predicted octanol–water partition coefficient (Wildman–Crippen LogP) is 1.25. The number of aromatic nitrogens is 1. The van der Waals surface area contributed by atoms with E-state index in [1.165, 1.54) is 11.9 Å². The van der Waals surface area contributed by atoms with Gasteiger partial charge in [-0.2, -0.15) is 0 Å². The van der Waals surface area contributed by atoms with Crippen molar-refractivity contribution < 1.29 is 14.6 Å². The number of hydrogen-bond donors (Lipinski definition) is 3. The largest absolute Gasteiger partial charge is 0.454 e. The Morgan fingerprint density at radius 3 is 2.90 bits per heavy atom. The second kappa shape index (κ2) is 7.65. The molecule has 146 valence electrons. The number of nitrogens with two attached hydrogens (primary N) is 1. The van der Waals surface area contributed by atoms with Gasteiger partial charge in [-0.3, -0.25) is 9.78 Å². The number of benzene rings is 2. The molecule has 2 heterocycles. The molecule has 1 aliphatic heterocycles. The van der Waals surface area contributed by atoms with Crippen LogP contribution in [-0.2, 0) is 11.2 Å². The van der Waals surface area contributed by atoms with Crippen molar-refractivity contribution in [1.29, 1.82) is 0 Å². The van der Waals surface area contributed by atoms with Crippen molar-refractivity contribution in [2.24, 2.45) is 5.73 Å². The molecular formula is C21H21BN4O3. The van der Waals surface area contributed by atoms with Crippen LogP contribution in [0.15, 0.2) is 54.9 Å². The fourth-order valence-corrected chi connectivity index (χ4v) is 3.75. The number of carbonyl (C=O) groups is 2. The molecule has 0 spiro atoms. The van der Waals surface area contributed by atoms with E-state index in [-0.39, 0.29) is 18.7 Å². The lowest BCUT2D eigenvalue weighted by atomic mass is 9.68. The number of rotatable bonds is 5. The number of para-hydroxylation sites is 1. The van der Waals surface area contributed by atoms with Crippen molar-refractivity contribution in [1.82, 2.24) is 9.79 Å². The minimum Gasteiger partial charge on any atom is -0.428 e. The number of hydrogen-bond acceptors (Lipinski definition) is 5. The molecule has 4 rings (SSSR count). The van der Waals surface area contributed by atoms with Crippen molar-refractivity contribution in [2.45, 2.75) is 12.3 Å². The van der Waals surface area contributed by atoms with Gasteiger partial charge in [-0.05, 0) is 28.0 Å². The van der Waals surface area contributed by atoms with Gasteiger partial charge in [0.2, 0.25) is 0 Å². The number of carbonyl (C=O) groups excluding carboxylic acids is 2. The van der Waals surface area contributed by atoms with Crippen molar-refractivity contribution in [3.8, 4) is 0 Å². The fourth-order valence-electron chi connectivity index (χ4n) is 3.75. The highest BCUT2D eigenvalue weighted by atomic mass is 16.2. The molecule has 0 fully saturated rings. The van der Waals surface area contributed by atoms with Gasteiger partial charge >= 0.3 is 13.1 Å². The summed E-state index contributed by atoms with van der Waals surface area (Å²) >= 11 is 0. The van der Waals surface area contributed by atoms with Gasteiger partial charge < -0.3 is 20.9 Å². The van der Waals surface area contributed by atoms with Crippen LogP contribution in [0.5, 0.6) is 0 Å². The standard InChI is InChI=1S/C21H21BN4O3/c1-26-21(28)25-20-16(3-2-4-18(20)22(26)29)17(11-23)19(27)10-13-5-6-15-12-24-8-7-14(15)9-13/h2-9,12,17,29H,10-11,23H2,1H3,(H,25,28)/t17-/m1/s1. The molecule has 8 heteroatoms. The fraction of sp³-hybridized carbons (Fsp3) is 0.190. The van der Waals surface area contributed by atoms with Crippen LogP contribution in [0, 0.1) is 0 Å². The lowest BCUT2D eigenvalue weighted by Crippen LogP contribution is -2.56. The number of nitrogens with zero attached hydrogens (tertiary/aromatic N) is 2. The third-order valence-corrected chi connectivity index (χ3v) is 5.41. The van der Waals surface area contributed by atoms with Crippen LogP contribution in [0.2, 0.25) is 0 Å². The van der Waals surface area contributed by atoms with E-state index in [1.54, 1.807) is 30.6 Å². The minimum atomic E-state index is -1.07. The molecule has 0 aliphatic carbocycles. The first-order chi connectivity index (χ1) is 14.0. The summed E-state index contributed by atoms with van der Waals surface area (Å²) in [4.78, 5) is 30.6. The Labute approximate surface area is 168 Å². The molecule has 0 unspecified atom stereocenters. The van der Waals surface area contributed by atoms with Crippen LogP contribution >= 0.6 is 0 Å². The quantitative estimate of drug-likeness (QED) is 0.571. The molecule has 7 nitrogen and oxygen atoms in total.